The van der Waals surface area contributed by atoms with Crippen molar-refractivity contribution >= 4 is 21.9 Å². The van der Waals surface area contributed by atoms with Gasteiger partial charge in [0.1, 0.15) is 11.2 Å². The molecule has 0 amide bonds. The van der Waals surface area contributed by atoms with Crippen LogP contribution in [0.2, 0.25) is 0 Å². The highest BCUT2D eigenvalue weighted by molar-refractivity contribution is 6.13. The van der Waals surface area contributed by atoms with Crippen molar-refractivity contribution in [2.24, 2.45) is 0 Å². The molecule has 57 heavy (non-hydrogen) atoms. The zero-order valence-electron chi connectivity index (χ0n) is 30.7. The summed E-state index contributed by atoms with van der Waals surface area (Å²) in [6.45, 7) is 0. The molecular formula is C52H32N4O. The topological polar surface area (TPSA) is 75.6 Å². The number of fused-ring (bicyclic) bond motifs is 3. The summed E-state index contributed by atoms with van der Waals surface area (Å²) in [4.78, 5) is 15.0. The van der Waals surface area contributed by atoms with Gasteiger partial charge in [-0.2, -0.15) is 5.26 Å². The molecule has 8 aromatic carbocycles. The van der Waals surface area contributed by atoms with Crippen molar-refractivity contribution < 1.29 is 4.42 Å². The molecule has 0 saturated carbocycles. The number of rotatable bonds is 7. The van der Waals surface area contributed by atoms with Gasteiger partial charge in [-0.1, -0.05) is 146 Å². The van der Waals surface area contributed by atoms with Gasteiger partial charge in [0.25, 0.3) is 0 Å². The first-order valence-electron chi connectivity index (χ1n) is 18.8. The zero-order valence-corrected chi connectivity index (χ0v) is 30.7. The van der Waals surface area contributed by atoms with E-state index in [1.54, 1.807) is 0 Å². The molecule has 2 heterocycles. The van der Waals surface area contributed by atoms with E-state index in [0.29, 0.717) is 23.0 Å². The molecule has 2 aromatic heterocycles. The molecule has 5 nitrogen and oxygen atoms in total. The summed E-state index contributed by atoms with van der Waals surface area (Å²) in [7, 11) is 0. The predicted molar refractivity (Wildman–Crippen MR) is 230 cm³/mol. The van der Waals surface area contributed by atoms with E-state index in [1.165, 1.54) is 16.7 Å². The Labute approximate surface area is 329 Å². The Morgan fingerprint density at radius 1 is 0.351 bits per heavy atom. The molecule has 0 radical (unpaired) electrons. The summed E-state index contributed by atoms with van der Waals surface area (Å²) >= 11 is 0. The standard InChI is InChI=1S/C52H32N4O/c53-33-34-23-25-36(26-24-34)39-16-9-20-43(31-39)51-54-50(37-13-5-2-6-14-37)55-52(56-51)44-27-28-46-48(32-44)57-47-22-10-21-45(49(46)47)42-19-8-18-41(30-42)40-17-7-15-38(29-40)35-11-3-1-4-12-35/h1-32H. The summed E-state index contributed by atoms with van der Waals surface area (Å²) < 4.78 is 6.58. The Bertz CT molecular complexity index is 3130. The normalized spacial score (nSPS) is 11.1. The Morgan fingerprint density at radius 3 is 1.46 bits per heavy atom. The molecule has 0 spiro atoms. The fourth-order valence-electron chi connectivity index (χ4n) is 7.51. The fraction of sp³-hybridized carbons (Fsp3) is 0. The molecule has 266 valence electrons. The average Bonchev–Trinajstić information content (AvgIpc) is 3.68. The fourth-order valence-corrected chi connectivity index (χ4v) is 7.51. The smallest absolute Gasteiger partial charge is 0.164 e. The first-order valence-corrected chi connectivity index (χ1v) is 18.8. The minimum Gasteiger partial charge on any atom is -0.456 e. The van der Waals surface area contributed by atoms with Gasteiger partial charge in [0.15, 0.2) is 17.5 Å². The second-order valence-corrected chi connectivity index (χ2v) is 14.0. The van der Waals surface area contributed by atoms with Crippen LogP contribution in [-0.4, -0.2) is 15.0 Å². The van der Waals surface area contributed by atoms with Crippen molar-refractivity contribution in [2.45, 2.75) is 0 Å². The highest BCUT2D eigenvalue weighted by Crippen LogP contribution is 2.39. The molecule has 0 unspecified atom stereocenters. The molecule has 0 atom stereocenters. The van der Waals surface area contributed by atoms with Crippen molar-refractivity contribution in [1.29, 1.82) is 5.26 Å². The van der Waals surface area contributed by atoms with Crippen LogP contribution in [0, 0.1) is 11.3 Å². The monoisotopic (exact) mass is 728 g/mol. The number of hydrogen-bond donors (Lipinski definition) is 0. The van der Waals surface area contributed by atoms with Crippen LogP contribution in [-0.2, 0) is 0 Å². The maximum Gasteiger partial charge on any atom is 0.164 e. The zero-order chi connectivity index (χ0) is 38.1. The van der Waals surface area contributed by atoms with Gasteiger partial charge in [0, 0.05) is 27.5 Å². The van der Waals surface area contributed by atoms with Crippen LogP contribution in [0.4, 0.5) is 0 Å². The van der Waals surface area contributed by atoms with Gasteiger partial charge >= 0.3 is 0 Å². The SMILES string of the molecule is N#Cc1ccc(-c2cccc(-c3nc(-c4ccccc4)nc(-c4ccc5c(c4)oc4cccc(-c6cccc(-c7cccc(-c8ccccc8)c7)c6)c45)n3)c2)cc1. The van der Waals surface area contributed by atoms with E-state index in [9.17, 15) is 5.26 Å². The first-order chi connectivity index (χ1) is 28.2. The number of benzene rings is 8. The van der Waals surface area contributed by atoms with Crippen LogP contribution < -0.4 is 0 Å². The average molecular weight is 729 g/mol. The summed E-state index contributed by atoms with van der Waals surface area (Å²) in [6, 6.07) is 68.3. The molecule has 0 bridgehead atoms. The van der Waals surface area contributed by atoms with Gasteiger partial charge in [0.2, 0.25) is 0 Å². The molecular weight excluding hydrogens is 697 g/mol. The minimum absolute atomic E-state index is 0.552. The highest BCUT2D eigenvalue weighted by atomic mass is 16.3. The lowest BCUT2D eigenvalue weighted by Crippen LogP contribution is -2.00. The quantitative estimate of drug-likeness (QED) is 0.163. The van der Waals surface area contributed by atoms with Crippen molar-refractivity contribution in [3.05, 3.63) is 200 Å². The van der Waals surface area contributed by atoms with Gasteiger partial charge in [0.05, 0.1) is 11.6 Å². The van der Waals surface area contributed by atoms with Crippen molar-refractivity contribution in [1.82, 2.24) is 15.0 Å². The van der Waals surface area contributed by atoms with E-state index in [2.05, 4.69) is 115 Å². The van der Waals surface area contributed by atoms with Gasteiger partial charge in [-0.25, -0.2) is 15.0 Å². The van der Waals surface area contributed by atoms with E-state index in [1.807, 2.05) is 84.9 Å². The van der Waals surface area contributed by atoms with Crippen LogP contribution in [0.15, 0.2) is 199 Å². The maximum atomic E-state index is 9.29. The van der Waals surface area contributed by atoms with Crippen molar-refractivity contribution in [3.8, 4) is 84.7 Å². The largest absolute Gasteiger partial charge is 0.456 e. The maximum absolute atomic E-state index is 9.29. The first kappa shape index (κ1) is 33.6. The van der Waals surface area contributed by atoms with Gasteiger partial charge in [-0.3, -0.25) is 0 Å². The number of hydrogen-bond acceptors (Lipinski definition) is 5. The molecule has 0 fully saturated rings. The molecule has 10 rings (SSSR count). The van der Waals surface area contributed by atoms with Gasteiger partial charge in [-0.15, -0.1) is 0 Å². The number of aromatic nitrogens is 3. The van der Waals surface area contributed by atoms with E-state index in [-0.39, 0.29) is 0 Å². The molecule has 5 heteroatoms. The Balaban J connectivity index is 1.05. The third-order valence-electron chi connectivity index (χ3n) is 10.4. The van der Waals surface area contributed by atoms with E-state index in [0.717, 1.165) is 66.4 Å². The summed E-state index contributed by atoms with van der Waals surface area (Å²) in [6.07, 6.45) is 0. The Kier molecular flexibility index (Phi) is 8.48. The molecule has 0 aliphatic carbocycles. The van der Waals surface area contributed by atoms with Crippen LogP contribution >= 0.6 is 0 Å². The van der Waals surface area contributed by atoms with Crippen molar-refractivity contribution in [2.75, 3.05) is 0 Å². The molecule has 0 aliphatic heterocycles. The highest BCUT2D eigenvalue weighted by Gasteiger charge is 2.17. The molecule has 0 saturated heterocycles. The van der Waals surface area contributed by atoms with Gasteiger partial charge in [-0.05, 0) is 93.0 Å². The van der Waals surface area contributed by atoms with Crippen LogP contribution in [0.3, 0.4) is 0 Å². The third-order valence-corrected chi connectivity index (χ3v) is 10.4. The van der Waals surface area contributed by atoms with E-state index >= 15 is 0 Å². The van der Waals surface area contributed by atoms with Crippen LogP contribution in [0.5, 0.6) is 0 Å². The lowest BCUT2D eigenvalue weighted by molar-refractivity contribution is 0.669. The molecule has 10 aromatic rings. The van der Waals surface area contributed by atoms with E-state index in [4.69, 9.17) is 19.4 Å². The lowest BCUT2D eigenvalue weighted by atomic mass is 9.94. The Hall–Kier alpha value is -7.94. The van der Waals surface area contributed by atoms with Crippen molar-refractivity contribution in [3.63, 3.8) is 0 Å². The predicted octanol–water partition coefficient (Wildman–Crippen LogP) is 13.3. The summed E-state index contributed by atoms with van der Waals surface area (Å²) in [5, 5.41) is 11.4. The third kappa shape index (κ3) is 6.52. The summed E-state index contributed by atoms with van der Waals surface area (Å²) in [5.74, 6) is 1.70. The van der Waals surface area contributed by atoms with Gasteiger partial charge < -0.3 is 4.42 Å². The Morgan fingerprint density at radius 2 is 0.807 bits per heavy atom. The second kappa shape index (κ2) is 14.4. The molecule has 0 N–H and O–H groups in total. The van der Waals surface area contributed by atoms with E-state index < -0.39 is 0 Å². The molecule has 0 aliphatic rings. The number of nitriles is 1. The van der Waals surface area contributed by atoms with Crippen LogP contribution in [0.1, 0.15) is 5.56 Å². The lowest BCUT2D eigenvalue weighted by Gasteiger charge is -2.10. The summed E-state index contributed by atoms with van der Waals surface area (Å²) in [5.41, 5.74) is 13.7. The minimum atomic E-state index is 0.552. The van der Waals surface area contributed by atoms with Crippen LogP contribution in [0.25, 0.3) is 101 Å². The number of furan rings is 1. The number of nitrogens with zero attached hydrogens (tertiary/aromatic N) is 4. The second-order valence-electron chi connectivity index (χ2n) is 14.0.